The van der Waals surface area contributed by atoms with Crippen LogP contribution in [-0.4, -0.2) is 41.5 Å². The third kappa shape index (κ3) is 8.10. The summed E-state index contributed by atoms with van der Waals surface area (Å²) in [6.07, 6.45) is 3.14. The number of aryl methyl sites for hydroxylation is 1. The Balaban J connectivity index is 0.00000392. The Hall–Kier alpha value is -1.74. The van der Waals surface area contributed by atoms with Gasteiger partial charge in [-0.15, -0.1) is 24.0 Å². The molecule has 0 spiro atoms. The molecule has 0 fully saturated rings. The Morgan fingerprint density at radius 1 is 1.25 bits per heavy atom. The number of nitrogens with one attached hydrogen (secondary N) is 2. The van der Waals surface area contributed by atoms with Gasteiger partial charge in [-0.3, -0.25) is 9.79 Å². The van der Waals surface area contributed by atoms with Crippen molar-refractivity contribution in [2.45, 2.75) is 26.3 Å². The SMILES string of the molecule is CCNC(=NCCCC(=O)Nc1ccc(Cl)cc1)N(C)Cc1cccn1C.I. The predicted octanol–water partition coefficient (Wildman–Crippen LogP) is 4.11. The number of carbonyl (C=O) groups is 1. The molecule has 0 unspecified atom stereocenters. The van der Waals surface area contributed by atoms with E-state index in [1.54, 1.807) is 24.3 Å². The van der Waals surface area contributed by atoms with E-state index in [-0.39, 0.29) is 29.9 Å². The first-order valence-corrected chi connectivity index (χ1v) is 9.52. The van der Waals surface area contributed by atoms with Crippen LogP contribution in [-0.2, 0) is 18.4 Å². The molecule has 1 aromatic heterocycles. The molecular formula is C20H29ClIN5O. The highest BCUT2D eigenvalue weighted by atomic mass is 127. The summed E-state index contributed by atoms with van der Waals surface area (Å²) in [6.45, 7) is 4.21. The number of nitrogens with zero attached hydrogens (tertiary/aromatic N) is 3. The lowest BCUT2D eigenvalue weighted by atomic mass is 10.2. The summed E-state index contributed by atoms with van der Waals surface area (Å²) in [7, 11) is 4.05. The topological polar surface area (TPSA) is 61.7 Å². The fourth-order valence-corrected chi connectivity index (χ4v) is 2.76. The van der Waals surface area contributed by atoms with Crippen LogP contribution in [0.2, 0.25) is 5.02 Å². The van der Waals surface area contributed by atoms with Gasteiger partial charge in [0.25, 0.3) is 0 Å². The monoisotopic (exact) mass is 517 g/mol. The molecule has 0 radical (unpaired) electrons. The second-order valence-corrected chi connectivity index (χ2v) is 6.80. The third-order valence-corrected chi connectivity index (χ3v) is 4.35. The van der Waals surface area contributed by atoms with Gasteiger partial charge < -0.3 is 20.1 Å². The summed E-state index contributed by atoms with van der Waals surface area (Å²) < 4.78 is 2.10. The molecule has 1 amide bonds. The van der Waals surface area contributed by atoms with Crippen LogP contribution in [0.4, 0.5) is 5.69 Å². The number of aliphatic imine (C=N–C) groups is 1. The molecule has 8 heteroatoms. The molecule has 0 aliphatic rings. The lowest BCUT2D eigenvalue weighted by molar-refractivity contribution is -0.116. The molecule has 0 aliphatic carbocycles. The highest BCUT2D eigenvalue weighted by Crippen LogP contribution is 2.13. The van der Waals surface area contributed by atoms with Crippen LogP contribution in [0.25, 0.3) is 0 Å². The Labute approximate surface area is 189 Å². The van der Waals surface area contributed by atoms with Gasteiger partial charge in [0.05, 0.1) is 6.54 Å². The second kappa shape index (κ2) is 12.7. The number of hydrogen-bond donors (Lipinski definition) is 2. The van der Waals surface area contributed by atoms with E-state index in [4.69, 9.17) is 11.6 Å². The van der Waals surface area contributed by atoms with E-state index in [0.717, 1.165) is 24.7 Å². The summed E-state index contributed by atoms with van der Waals surface area (Å²) in [5.74, 6) is 0.825. The smallest absolute Gasteiger partial charge is 0.224 e. The maximum absolute atomic E-state index is 12.0. The largest absolute Gasteiger partial charge is 0.357 e. The number of halogens is 2. The fraction of sp³-hybridized carbons (Fsp3) is 0.400. The number of carbonyl (C=O) groups excluding carboxylic acids is 1. The molecule has 0 saturated heterocycles. The van der Waals surface area contributed by atoms with Gasteiger partial charge in [0, 0.05) is 56.2 Å². The van der Waals surface area contributed by atoms with Crippen LogP contribution in [0.3, 0.4) is 0 Å². The summed E-state index contributed by atoms with van der Waals surface area (Å²) in [6, 6.07) is 11.2. The first-order chi connectivity index (χ1) is 13.0. The second-order valence-electron chi connectivity index (χ2n) is 6.36. The highest BCUT2D eigenvalue weighted by Gasteiger charge is 2.08. The zero-order valence-corrected chi connectivity index (χ0v) is 19.7. The number of hydrogen-bond acceptors (Lipinski definition) is 2. The van der Waals surface area contributed by atoms with E-state index >= 15 is 0 Å². The van der Waals surface area contributed by atoms with E-state index in [1.165, 1.54) is 5.69 Å². The maximum atomic E-state index is 12.0. The molecule has 0 bridgehead atoms. The highest BCUT2D eigenvalue weighted by molar-refractivity contribution is 14.0. The Morgan fingerprint density at radius 3 is 2.57 bits per heavy atom. The standard InChI is InChI=1S/C20H28ClN5O.HI/c1-4-22-20(26(3)15-18-7-6-14-25(18)2)23-13-5-8-19(27)24-17-11-9-16(21)10-12-17;/h6-7,9-12,14H,4-5,8,13,15H2,1-3H3,(H,22,23)(H,24,27);1H. The average molecular weight is 518 g/mol. The van der Waals surface area contributed by atoms with Gasteiger partial charge in [-0.1, -0.05) is 11.6 Å². The van der Waals surface area contributed by atoms with Crippen LogP contribution >= 0.6 is 35.6 Å². The molecule has 2 aromatic rings. The van der Waals surface area contributed by atoms with Gasteiger partial charge in [-0.25, -0.2) is 0 Å². The number of amides is 1. The van der Waals surface area contributed by atoms with Crippen molar-refractivity contribution in [3.63, 3.8) is 0 Å². The van der Waals surface area contributed by atoms with Gasteiger partial charge in [0.1, 0.15) is 0 Å². The third-order valence-electron chi connectivity index (χ3n) is 4.10. The first kappa shape index (κ1) is 24.3. The minimum absolute atomic E-state index is 0. The van der Waals surface area contributed by atoms with Crippen molar-refractivity contribution in [3.05, 3.63) is 53.3 Å². The number of guanidine groups is 1. The average Bonchev–Trinajstić information content (AvgIpc) is 3.04. The number of aromatic nitrogens is 1. The van der Waals surface area contributed by atoms with Crippen molar-refractivity contribution >= 4 is 53.1 Å². The van der Waals surface area contributed by atoms with Crippen molar-refractivity contribution in [2.75, 3.05) is 25.5 Å². The molecule has 6 nitrogen and oxygen atoms in total. The molecule has 0 saturated carbocycles. The Bertz CT molecular complexity index is 760. The minimum Gasteiger partial charge on any atom is -0.357 e. The van der Waals surface area contributed by atoms with Crippen LogP contribution in [0, 0.1) is 0 Å². The number of anilines is 1. The van der Waals surface area contributed by atoms with E-state index in [9.17, 15) is 4.79 Å². The summed E-state index contributed by atoms with van der Waals surface area (Å²) in [4.78, 5) is 18.8. The van der Waals surface area contributed by atoms with Crippen LogP contribution < -0.4 is 10.6 Å². The molecule has 0 aliphatic heterocycles. The van der Waals surface area contributed by atoms with Crippen molar-refractivity contribution in [2.24, 2.45) is 12.0 Å². The van der Waals surface area contributed by atoms with Gasteiger partial charge in [-0.2, -0.15) is 0 Å². The molecule has 1 heterocycles. The molecule has 0 atom stereocenters. The van der Waals surface area contributed by atoms with Crippen LogP contribution in [0.1, 0.15) is 25.5 Å². The van der Waals surface area contributed by atoms with Crippen LogP contribution in [0.15, 0.2) is 47.6 Å². The molecule has 1 aromatic carbocycles. The van der Waals surface area contributed by atoms with Crippen molar-refractivity contribution in [1.82, 2.24) is 14.8 Å². The van der Waals surface area contributed by atoms with E-state index in [1.807, 2.05) is 33.3 Å². The van der Waals surface area contributed by atoms with Crippen molar-refractivity contribution in [1.29, 1.82) is 0 Å². The van der Waals surface area contributed by atoms with Crippen molar-refractivity contribution < 1.29 is 4.79 Å². The normalized spacial score (nSPS) is 10.9. The van der Waals surface area contributed by atoms with E-state index in [2.05, 4.69) is 31.2 Å². The number of benzene rings is 1. The zero-order chi connectivity index (χ0) is 19.6. The maximum Gasteiger partial charge on any atom is 0.224 e. The quantitative estimate of drug-likeness (QED) is 0.240. The summed E-state index contributed by atoms with van der Waals surface area (Å²) in [5.41, 5.74) is 1.97. The van der Waals surface area contributed by atoms with E-state index in [0.29, 0.717) is 24.4 Å². The molecule has 154 valence electrons. The lowest BCUT2D eigenvalue weighted by Crippen LogP contribution is -2.38. The molecule has 2 rings (SSSR count). The molecule has 2 N–H and O–H groups in total. The lowest BCUT2D eigenvalue weighted by Gasteiger charge is -2.22. The van der Waals surface area contributed by atoms with E-state index < -0.39 is 0 Å². The Morgan fingerprint density at radius 2 is 1.96 bits per heavy atom. The summed E-state index contributed by atoms with van der Waals surface area (Å²) in [5, 5.41) is 6.82. The van der Waals surface area contributed by atoms with Gasteiger partial charge >= 0.3 is 0 Å². The van der Waals surface area contributed by atoms with Gasteiger partial charge in [0.2, 0.25) is 5.91 Å². The summed E-state index contributed by atoms with van der Waals surface area (Å²) >= 11 is 5.85. The first-order valence-electron chi connectivity index (χ1n) is 9.14. The number of rotatable bonds is 8. The zero-order valence-electron chi connectivity index (χ0n) is 16.6. The molecular weight excluding hydrogens is 489 g/mol. The van der Waals surface area contributed by atoms with Crippen LogP contribution in [0.5, 0.6) is 0 Å². The van der Waals surface area contributed by atoms with Gasteiger partial charge in [-0.05, 0) is 49.7 Å². The molecule has 28 heavy (non-hydrogen) atoms. The minimum atomic E-state index is -0.0188. The van der Waals surface area contributed by atoms with Gasteiger partial charge in [0.15, 0.2) is 5.96 Å². The van der Waals surface area contributed by atoms with Crippen molar-refractivity contribution in [3.8, 4) is 0 Å². The predicted molar refractivity (Wildman–Crippen MR) is 128 cm³/mol. The fourth-order valence-electron chi connectivity index (χ4n) is 2.63. The Kier molecular flexibility index (Phi) is 11.0.